The van der Waals surface area contributed by atoms with Crippen molar-refractivity contribution in [2.24, 2.45) is 0 Å². The summed E-state index contributed by atoms with van der Waals surface area (Å²) < 4.78 is 5.00. The molecule has 1 aromatic heterocycles. The maximum absolute atomic E-state index is 12.8. The van der Waals surface area contributed by atoms with Gasteiger partial charge in [0.2, 0.25) is 5.91 Å². The molecule has 1 aliphatic heterocycles. The van der Waals surface area contributed by atoms with Gasteiger partial charge in [0.05, 0.1) is 6.07 Å². The number of hydrogen-bond acceptors (Lipinski definition) is 5. The van der Waals surface area contributed by atoms with Gasteiger partial charge in [-0.05, 0) is 24.6 Å². The van der Waals surface area contributed by atoms with Crippen LogP contribution in [0.25, 0.3) is 0 Å². The first kappa shape index (κ1) is 15.7. The third kappa shape index (κ3) is 2.62. The average Bonchev–Trinajstić information content (AvgIpc) is 3.19. The van der Waals surface area contributed by atoms with Gasteiger partial charge >= 0.3 is 5.88 Å². The molecular weight excluding hydrogens is 314 g/mol. The minimum absolute atomic E-state index is 0.173. The molecule has 0 saturated carbocycles. The smallest absolute Gasteiger partial charge is 0.395 e. The number of fused-ring (bicyclic) bond motifs is 1. The van der Waals surface area contributed by atoms with Crippen LogP contribution < -0.4 is 10.2 Å². The van der Waals surface area contributed by atoms with E-state index in [2.05, 4.69) is 5.32 Å². The topological polar surface area (TPSA) is 106 Å². The van der Waals surface area contributed by atoms with Crippen LogP contribution in [0.15, 0.2) is 40.8 Å². The summed E-state index contributed by atoms with van der Waals surface area (Å²) in [5, 5.41) is 13.4. The van der Waals surface area contributed by atoms with Gasteiger partial charge in [0.1, 0.15) is 11.0 Å². The number of hydrogen-bond donors (Lipinski definition) is 1. The minimum atomic E-state index is -0.712. The summed E-state index contributed by atoms with van der Waals surface area (Å²) in [5.41, 5.74) is 1.47. The molecule has 0 fully saturated rings. The van der Waals surface area contributed by atoms with Crippen molar-refractivity contribution in [3.8, 4) is 0 Å². The molecule has 0 aliphatic carbocycles. The van der Waals surface area contributed by atoms with E-state index in [1.54, 1.807) is 19.1 Å². The fourth-order valence-corrected chi connectivity index (χ4v) is 2.80. The van der Waals surface area contributed by atoms with E-state index in [4.69, 9.17) is 4.42 Å². The number of carbonyl (C=O) groups is 2. The monoisotopic (exact) mass is 329 g/mol. The van der Waals surface area contributed by atoms with E-state index in [-0.39, 0.29) is 11.7 Å². The number of furan rings is 1. The number of rotatable bonds is 4. The second-order valence-electron chi connectivity index (χ2n) is 5.31. The van der Waals surface area contributed by atoms with Gasteiger partial charge in [-0.3, -0.25) is 24.6 Å². The van der Waals surface area contributed by atoms with Crippen LogP contribution in [0.1, 0.15) is 23.0 Å². The molecule has 3 rings (SSSR count). The summed E-state index contributed by atoms with van der Waals surface area (Å²) in [4.78, 5) is 36.5. The maximum Gasteiger partial charge on any atom is 0.433 e. The molecule has 0 saturated heterocycles. The molecular formula is C16H15N3O5. The first-order chi connectivity index (χ1) is 11.5. The summed E-state index contributed by atoms with van der Waals surface area (Å²) >= 11 is 0. The van der Waals surface area contributed by atoms with Crippen LogP contribution in [0.5, 0.6) is 0 Å². The highest BCUT2D eigenvalue weighted by molar-refractivity contribution is 6.10. The van der Waals surface area contributed by atoms with Gasteiger partial charge in [0.15, 0.2) is 5.76 Å². The van der Waals surface area contributed by atoms with Crippen molar-refractivity contribution in [2.45, 2.75) is 19.4 Å². The predicted molar refractivity (Wildman–Crippen MR) is 84.8 cm³/mol. The van der Waals surface area contributed by atoms with Crippen molar-refractivity contribution in [2.75, 3.05) is 11.4 Å². The molecule has 0 spiro atoms. The van der Waals surface area contributed by atoms with Crippen molar-refractivity contribution in [1.82, 2.24) is 5.32 Å². The first-order valence-electron chi connectivity index (χ1n) is 7.46. The lowest BCUT2D eigenvalue weighted by Gasteiger charge is -2.23. The summed E-state index contributed by atoms with van der Waals surface area (Å²) in [6.07, 6.45) is 0.385. The van der Waals surface area contributed by atoms with Gasteiger partial charge in [-0.25, -0.2) is 0 Å². The second kappa shape index (κ2) is 6.15. The molecule has 8 nitrogen and oxygen atoms in total. The fourth-order valence-electron chi connectivity index (χ4n) is 2.80. The van der Waals surface area contributed by atoms with Crippen LogP contribution in [-0.2, 0) is 11.2 Å². The molecule has 24 heavy (non-hydrogen) atoms. The fraction of sp³-hybridized carbons (Fsp3) is 0.250. The molecule has 2 aromatic rings. The molecule has 1 N–H and O–H groups in total. The zero-order chi connectivity index (χ0) is 17.3. The molecule has 1 aromatic carbocycles. The Morgan fingerprint density at radius 3 is 2.75 bits per heavy atom. The van der Waals surface area contributed by atoms with Crippen molar-refractivity contribution >= 4 is 23.4 Å². The maximum atomic E-state index is 12.8. The number of nitrogens with zero attached hydrogens (tertiary/aromatic N) is 2. The Balaban J connectivity index is 1.98. The number of para-hydroxylation sites is 1. The first-order valence-corrected chi connectivity index (χ1v) is 7.46. The normalized spacial score (nSPS) is 15.9. The lowest BCUT2D eigenvalue weighted by Crippen LogP contribution is -2.48. The van der Waals surface area contributed by atoms with Crippen LogP contribution >= 0.6 is 0 Å². The number of nitro groups is 1. The standard InChI is InChI=1S/C16H15N3O5/c1-2-17-15(20)12-9-10-5-3-4-6-11(10)18(12)16(21)13-7-8-14(24-13)19(22)23/h3-8,12H,2,9H2,1H3,(H,17,20)/t12-/m1/s1. The van der Waals surface area contributed by atoms with Gasteiger partial charge in [-0.2, -0.15) is 0 Å². The Hall–Kier alpha value is -3.16. The molecule has 1 atom stereocenters. The van der Waals surface area contributed by atoms with Gasteiger partial charge in [-0.1, -0.05) is 18.2 Å². The Morgan fingerprint density at radius 2 is 2.08 bits per heavy atom. The quantitative estimate of drug-likeness (QED) is 0.681. The molecule has 0 bridgehead atoms. The lowest BCUT2D eigenvalue weighted by molar-refractivity contribution is -0.402. The number of anilines is 1. The zero-order valence-electron chi connectivity index (χ0n) is 12.9. The largest absolute Gasteiger partial charge is 0.433 e. The van der Waals surface area contributed by atoms with Crippen LogP contribution in [0.4, 0.5) is 11.6 Å². The number of likely N-dealkylation sites (N-methyl/N-ethyl adjacent to an activating group) is 1. The number of nitrogens with one attached hydrogen (secondary N) is 1. The third-order valence-corrected chi connectivity index (χ3v) is 3.83. The molecule has 0 radical (unpaired) electrons. The van der Waals surface area contributed by atoms with E-state index in [1.807, 2.05) is 12.1 Å². The van der Waals surface area contributed by atoms with Crippen molar-refractivity contribution in [3.05, 3.63) is 57.8 Å². The molecule has 2 heterocycles. The van der Waals surface area contributed by atoms with E-state index >= 15 is 0 Å². The van der Waals surface area contributed by atoms with Gasteiger partial charge in [0, 0.05) is 18.7 Å². The van der Waals surface area contributed by atoms with Crippen molar-refractivity contribution in [3.63, 3.8) is 0 Å². The highest BCUT2D eigenvalue weighted by Gasteiger charge is 2.39. The summed E-state index contributed by atoms with van der Waals surface area (Å²) in [5.74, 6) is -1.54. The van der Waals surface area contributed by atoms with Crippen LogP contribution in [0, 0.1) is 10.1 Å². The van der Waals surface area contributed by atoms with Crippen LogP contribution in [-0.4, -0.2) is 29.3 Å². The number of carbonyl (C=O) groups excluding carboxylic acids is 2. The Bertz CT molecular complexity index is 814. The van der Waals surface area contributed by atoms with E-state index in [0.29, 0.717) is 18.7 Å². The SMILES string of the molecule is CCNC(=O)[C@H]1Cc2ccccc2N1C(=O)c1ccc([N+](=O)[O-])o1. The lowest BCUT2D eigenvalue weighted by atomic mass is 10.1. The van der Waals surface area contributed by atoms with Gasteiger partial charge in [0.25, 0.3) is 5.91 Å². The molecule has 2 amide bonds. The second-order valence-corrected chi connectivity index (χ2v) is 5.31. The van der Waals surface area contributed by atoms with Gasteiger partial charge < -0.3 is 9.73 Å². The van der Waals surface area contributed by atoms with E-state index in [0.717, 1.165) is 11.6 Å². The molecule has 1 aliphatic rings. The predicted octanol–water partition coefficient (Wildman–Crippen LogP) is 1.90. The number of benzene rings is 1. The third-order valence-electron chi connectivity index (χ3n) is 3.83. The average molecular weight is 329 g/mol. The molecule has 124 valence electrons. The minimum Gasteiger partial charge on any atom is -0.395 e. The molecule has 0 unspecified atom stereocenters. The van der Waals surface area contributed by atoms with Crippen LogP contribution in [0.2, 0.25) is 0 Å². The van der Waals surface area contributed by atoms with E-state index < -0.39 is 22.8 Å². The van der Waals surface area contributed by atoms with Crippen molar-refractivity contribution < 1.29 is 18.9 Å². The van der Waals surface area contributed by atoms with Crippen LogP contribution in [0.3, 0.4) is 0 Å². The summed E-state index contributed by atoms with van der Waals surface area (Å²) in [7, 11) is 0. The number of amides is 2. The zero-order valence-corrected chi connectivity index (χ0v) is 12.9. The molecule has 8 heteroatoms. The highest BCUT2D eigenvalue weighted by atomic mass is 16.6. The highest BCUT2D eigenvalue weighted by Crippen LogP contribution is 2.34. The van der Waals surface area contributed by atoms with E-state index in [9.17, 15) is 19.7 Å². The van der Waals surface area contributed by atoms with Gasteiger partial charge in [-0.15, -0.1) is 0 Å². The van der Waals surface area contributed by atoms with E-state index in [1.165, 1.54) is 11.0 Å². The summed E-state index contributed by atoms with van der Waals surface area (Å²) in [6.45, 7) is 2.24. The Labute approximate surface area is 137 Å². The summed E-state index contributed by atoms with van der Waals surface area (Å²) in [6, 6.07) is 8.85. The van der Waals surface area contributed by atoms with Crippen molar-refractivity contribution in [1.29, 1.82) is 0 Å². The Morgan fingerprint density at radius 1 is 1.33 bits per heavy atom. The Kier molecular flexibility index (Phi) is 4.03.